The molecule has 19 heavy (non-hydrogen) atoms. The van der Waals surface area contributed by atoms with Gasteiger partial charge in [0.25, 0.3) is 0 Å². The van der Waals surface area contributed by atoms with Gasteiger partial charge in [0.2, 0.25) is 0 Å². The summed E-state index contributed by atoms with van der Waals surface area (Å²) in [5.74, 6) is 0.386. The van der Waals surface area contributed by atoms with E-state index in [4.69, 9.17) is 5.11 Å². The monoisotopic (exact) mass is 264 g/mol. The maximum atomic E-state index is 12.2. The van der Waals surface area contributed by atoms with Crippen molar-refractivity contribution in [2.45, 2.75) is 33.4 Å². The van der Waals surface area contributed by atoms with E-state index >= 15 is 0 Å². The Balaban J connectivity index is 2.63. The van der Waals surface area contributed by atoms with E-state index in [1.807, 2.05) is 37.3 Å². The summed E-state index contributed by atoms with van der Waals surface area (Å²) in [6.45, 7) is 6.94. The van der Waals surface area contributed by atoms with Gasteiger partial charge in [0.05, 0.1) is 6.61 Å². The van der Waals surface area contributed by atoms with Crippen LogP contribution < -0.4 is 5.32 Å². The summed E-state index contributed by atoms with van der Waals surface area (Å²) in [6.07, 6.45) is 0. The van der Waals surface area contributed by atoms with Gasteiger partial charge in [-0.3, -0.25) is 0 Å². The first kappa shape index (κ1) is 15.5. The quantitative estimate of drug-likeness (QED) is 0.828. The largest absolute Gasteiger partial charge is 0.395 e. The highest BCUT2D eigenvalue weighted by molar-refractivity contribution is 5.74. The molecule has 0 bridgehead atoms. The van der Waals surface area contributed by atoms with Gasteiger partial charge in [-0.1, -0.05) is 44.2 Å². The van der Waals surface area contributed by atoms with Crippen LogP contribution in [0.2, 0.25) is 0 Å². The van der Waals surface area contributed by atoms with Crippen LogP contribution in [0.25, 0.3) is 0 Å². The molecule has 0 saturated carbocycles. The zero-order valence-electron chi connectivity index (χ0n) is 12.0. The molecule has 1 aromatic carbocycles. The van der Waals surface area contributed by atoms with Gasteiger partial charge in [0.15, 0.2) is 0 Å². The van der Waals surface area contributed by atoms with Gasteiger partial charge in [0.1, 0.15) is 0 Å². The zero-order valence-corrected chi connectivity index (χ0v) is 12.0. The summed E-state index contributed by atoms with van der Waals surface area (Å²) < 4.78 is 0. The lowest BCUT2D eigenvalue weighted by atomic mass is 10.1. The van der Waals surface area contributed by atoms with Crippen LogP contribution in [-0.2, 0) is 6.54 Å². The van der Waals surface area contributed by atoms with E-state index in [0.29, 0.717) is 19.0 Å². The third kappa shape index (κ3) is 5.30. The molecule has 0 aromatic heterocycles. The van der Waals surface area contributed by atoms with Crippen LogP contribution in [0.1, 0.15) is 26.3 Å². The normalized spacial score (nSPS) is 12.3. The van der Waals surface area contributed by atoms with Crippen molar-refractivity contribution in [1.82, 2.24) is 10.2 Å². The molecule has 0 aliphatic carbocycles. The summed E-state index contributed by atoms with van der Waals surface area (Å²) in [6, 6.07) is 9.78. The molecule has 4 nitrogen and oxygen atoms in total. The third-order valence-electron chi connectivity index (χ3n) is 3.22. The van der Waals surface area contributed by atoms with Crippen LogP contribution >= 0.6 is 0 Å². The maximum absolute atomic E-state index is 12.2. The first-order chi connectivity index (χ1) is 9.04. The Kier molecular flexibility index (Phi) is 6.36. The molecule has 1 atom stereocenters. The summed E-state index contributed by atoms with van der Waals surface area (Å²) in [4.78, 5) is 13.8. The van der Waals surface area contributed by atoms with Gasteiger partial charge in [-0.05, 0) is 18.4 Å². The summed E-state index contributed by atoms with van der Waals surface area (Å²) in [7, 11) is 0. The number of hydrogen-bond donors (Lipinski definition) is 2. The average molecular weight is 264 g/mol. The first-order valence-corrected chi connectivity index (χ1v) is 6.74. The van der Waals surface area contributed by atoms with Crippen molar-refractivity contribution in [3.8, 4) is 0 Å². The molecule has 1 aromatic rings. The fourth-order valence-electron chi connectivity index (χ4n) is 1.63. The number of urea groups is 1. The fourth-order valence-corrected chi connectivity index (χ4v) is 1.63. The standard InChI is InChI=1S/C15H24N2O2/c1-12(2)13(3)16-15(19)17(9-10-18)11-14-7-5-4-6-8-14/h4-8,12-13,18H,9-11H2,1-3H3,(H,16,19). The second-order valence-electron chi connectivity index (χ2n) is 5.11. The molecule has 0 aliphatic rings. The third-order valence-corrected chi connectivity index (χ3v) is 3.22. The number of carbonyl (C=O) groups excluding carboxylic acids is 1. The van der Waals surface area contributed by atoms with E-state index in [1.165, 1.54) is 0 Å². The number of hydrogen-bond acceptors (Lipinski definition) is 2. The van der Waals surface area contributed by atoms with Crippen molar-refractivity contribution in [3.63, 3.8) is 0 Å². The minimum atomic E-state index is -0.126. The van der Waals surface area contributed by atoms with Crippen LogP contribution in [0.4, 0.5) is 4.79 Å². The highest BCUT2D eigenvalue weighted by atomic mass is 16.3. The van der Waals surface area contributed by atoms with Gasteiger partial charge in [-0.25, -0.2) is 4.79 Å². The van der Waals surface area contributed by atoms with Crippen molar-refractivity contribution >= 4 is 6.03 Å². The zero-order chi connectivity index (χ0) is 14.3. The second kappa shape index (κ2) is 7.79. The van der Waals surface area contributed by atoms with Crippen LogP contribution in [0, 0.1) is 5.92 Å². The molecule has 1 unspecified atom stereocenters. The number of amides is 2. The fraction of sp³-hybridized carbons (Fsp3) is 0.533. The lowest BCUT2D eigenvalue weighted by Gasteiger charge is -2.26. The van der Waals surface area contributed by atoms with Gasteiger partial charge < -0.3 is 15.3 Å². The SMILES string of the molecule is CC(C)C(C)NC(=O)N(CCO)Cc1ccccc1. The van der Waals surface area contributed by atoms with Gasteiger partial charge in [0, 0.05) is 19.1 Å². The molecule has 0 heterocycles. The summed E-state index contributed by atoms with van der Waals surface area (Å²) >= 11 is 0. The number of nitrogens with one attached hydrogen (secondary N) is 1. The van der Waals surface area contributed by atoms with Gasteiger partial charge in [-0.2, -0.15) is 0 Å². The topological polar surface area (TPSA) is 52.6 Å². The molecule has 2 amide bonds. The van der Waals surface area contributed by atoms with Gasteiger partial charge >= 0.3 is 6.03 Å². The molecule has 0 fully saturated rings. The number of benzene rings is 1. The molecule has 0 radical (unpaired) electrons. The Hall–Kier alpha value is -1.55. The Morgan fingerprint density at radius 1 is 1.26 bits per heavy atom. The Morgan fingerprint density at radius 2 is 1.89 bits per heavy atom. The van der Waals surface area contributed by atoms with E-state index in [9.17, 15) is 4.79 Å². The summed E-state index contributed by atoms with van der Waals surface area (Å²) in [5, 5.41) is 12.0. The minimum absolute atomic E-state index is 0.0314. The van der Waals surface area contributed by atoms with E-state index < -0.39 is 0 Å². The molecule has 2 N–H and O–H groups in total. The van der Waals surface area contributed by atoms with Crippen LogP contribution in [-0.4, -0.2) is 35.2 Å². The number of aliphatic hydroxyl groups is 1. The first-order valence-electron chi connectivity index (χ1n) is 6.74. The lowest BCUT2D eigenvalue weighted by Crippen LogP contribution is -2.46. The van der Waals surface area contributed by atoms with E-state index in [1.54, 1.807) is 4.90 Å². The van der Waals surface area contributed by atoms with Gasteiger partial charge in [-0.15, -0.1) is 0 Å². The van der Waals surface area contributed by atoms with Crippen LogP contribution in [0.15, 0.2) is 30.3 Å². The van der Waals surface area contributed by atoms with Crippen molar-refractivity contribution in [2.24, 2.45) is 5.92 Å². The van der Waals surface area contributed by atoms with Crippen molar-refractivity contribution in [2.75, 3.05) is 13.2 Å². The molecule has 0 aliphatic heterocycles. The van der Waals surface area contributed by atoms with Crippen molar-refractivity contribution in [3.05, 3.63) is 35.9 Å². The van der Waals surface area contributed by atoms with Crippen molar-refractivity contribution < 1.29 is 9.90 Å². The average Bonchev–Trinajstić information content (AvgIpc) is 2.39. The lowest BCUT2D eigenvalue weighted by molar-refractivity contribution is 0.169. The number of nitrogens with zero attached hydrogens (tertiary/aromatic N) is 1. The molecular formula is C15H24N2O2. The Morgan fingerprint density at radius 3 is 2.42 bits per heavy atom. The minimum Gasteiger partial charge on any atom is -0.395 e. The van der Waals surface area contributed by atoms with E-state index in [2.05, 4.69) is 19.2 Å². The molecule has 106 valence electrons. The van der Waals surface area contributed by atoms with Crippen LogP contribution in [0.3, 0.4) is 0 Å². The van der Waals surface area contributed by atoms with E-state index in [-0.39, 0.29) is 18.7 Å². The van der Waals surface area contributed by atoms with Crippen LogP contribution in [0.5, 0.6) is 0 Å². The highest BCUT2D eigenvalue weighted by Gasteiger charge is 2.17. The van der Waals surface area contributed by atoms with Crippen molar-refractivity contribution in [1.29, 1.82) is 0 Å². The predicted octanol–water partition coefficient (Wildman–Crippen LogP) is 2.24. The Labute approximate surface area is 115 Å². The second-order valence-corrected chi connectivity index (χ2v) is 5.11. The molecule has 4 heteroatoms. The predicted molar refractivity (Wildman–Crippen MR) is 76.8 cm³/mol. The molecule has 0 saturated heterocycles. The molecule has 0 spiro atoms. The molecule has 1 rings (SSSR count). The Bertz CT molecular complexity index is 379. The number of carbonyl (C=O) groups is 1. The smallest absolute Gasteiger partial charge is 0.317 e. The highest BCUT2D eigenvalue weighted by Crippen LogP contribution is 2.06. The molecular weight excluding hydrogens is 240 g/mol. The number of aliphatic hydroxyl groups excluding tert-OH is 1. The van der Waals surface area contributed by atoms with E-state index in [0.717, 1.165) is 5.56 Å². The summed E-state index contributed by atoms with van der Waals surface area (Å²) in [5.41, 5.74) is 1.06. The number of rotatable bonds is 6. The maximum Gasteiger partial charge on any atom is 0.317 e.